The third-order valence-electron chi connectivity index (χ3n) is 3.85. The fourth-order valence-corrected chi connectivity index (χ4v) is 2.70. The molecule has 0 atom stereocenters. The Bertz CT molecular complexity index is 856. The Balaban J connectivity index is 2.19. The van der Waals surface area contributed by atoms with Crippen LogP contribution in [0.5, 0.6) is 0 Å². The number of anilines is 1. The molecule has 8 heteroatoms. The van der Waals surface area contributed by atoms with Gasteiger partial charge >= 0.3 is 11.9 Å². The van der Waals surface area contributed by atoms with Crippen LogP contribution >= 0.6 is 11.6 Å². The second kappa shape index (κ2) is 9.94. The van der Waals surface area contributed by atoms with Gasteiger partial charge in [-0.3, -0.25) is 10.1 Å². The van der Waals surface area contributed by atoms with Gasteiger partial charge in [-0.25, -0.2) is 9.59 Å². The Kier molecular flexibility index (Phi) is 7.63. The first kappa shape index (κ1) is 21.5. The highest BCUT2D eigenvalue weighted by atomic mass is 35.5. The monoisotopic (exact) mass is 407 g/mol. The number of aryl methyl sites for hydroxylation is 2. The molecule has 1 amide bonds. The molecule has 0 saturated carbocycles. The number of carbonyl (C=O) groups excluding carboxylic acids is 3. The molecule has 0 bridgehead atoms. The molecule has 1 heterocycles. The average molecular weight is 408 g/mol. The number of esters is 2. The Morgan fingerprint density at radius 1 is 1.00 bits per heavy atom. The van der Waals surface area contributed by atoms with Crippen LogP contribution in [0.1, 0.15) is 52.3 Å². The summed E-state index contributed by atoms with van der Waals surface area (Å²) in [6.45, 7) is 5.04. The molecule has 1 N–H and O–H groups in total. The number of amides is 1. The van der Waals surface area contributed by atoms with E-state index in [-0.39, 0.29) is 48.3 Å². The Hall–Kier alpha value is -2.80. The van der Waals surface area contributed by atoms with Crippen molar-refractivity contribution in [2.45, 2.75) is 33.6 Å². The molecule has 0 aliphatic heterocycles. The van der Waals surface area contributed by atoms with E-state index in [1.54, 1.807) is 26.0 Å². The Morgan fingerprint density at radius 3 is 2.14 bits per heavy atom. The minimum atomic E-state index is -0.768. The molecule has 0 fully saturated rings. The van der Waals surface area contributed by atoms with E-state index in [0.717, 1.165) is 5.56 Å². The zero-order chi connectivity index (χ0) is 20.7. The van der Waals surface area contributed by atoms with Crippen molar-refractivity contribution in [2.75, 3.05) is 18.5 Å². The van der Waals surface area contributed by atoms with Crippen molar-refractivity contribution in [2.24, 2.45) is 0 Å². The van der Waals surface area contributed by atoms with Crippen LogP contribution in [0.2, 0.25) is 5.02 Å². The fraction of sp³-hybridized carbons (Fsp3) is 0.350. The van der Waals surface area contributed by atoms with Crippen molar-refractivity contribution in [3.8, 4) is 0 Å². The molecule has 0 aliphatic carbocycles. The van der Waals surface area contributed by atoms with E-state index in [2.05, 4.69) is 5.32 Å². The van der Waals surface area contributed by atoms with Gasteiger partial charge in [0.25, 0.3) is 0 Å². The highest BCUT2D eigenvalue weighted by Gasteiger charge is 2.31. The first-order valence-corrected chi connectivity index (χ1v) is 9.27. The minimum Gasteiger partial charge on any atom is -0.462 e. The molecule has 0 aliphatic rings. The number of halogens is 1. The molecule has 150 valence electrons. The van der Waals surface area contributed by atoms with Crippen molar-refractivity contribution in [3.05, 3.63) is 51.7 Å². The summed E-state index contributed by atoms with van der Waals surface area (Å²) in [5, 5.41) is 3.17. The first-order chi connectivity index (χ1) is 13.4. The van der Waals surface area contributed by atoms with Crippen molar-refractivity contribution in [1.82, 2.24) is 0 Å². The lowest BCUT2D eigenvalue weighted by molar-refractivity contribution is -0.116. The molecule has 7 nitrogen and oxygen atoms in total. The normalized spacial score (nSPS) is 10.4. The summed E-state index contributed by atoms with van der Waals surface area (Å²) in [6.07, 6.45) is 0.626. The molecular formula is C20H22ClNO6. The maximum Gasteiger partial charge on any atom is 0.344 e. The highest BCUT2D eigenvalue weighted by Crippen LogP contribution is 2.29. The van der Waals surface area contributed by atoms with Crippen LogP contribution in [-0.2, 0) is 20.7 Å². The summed E-state index contributed by atoms with van der Waals surface area (Å²) >= 11 is 5.85. The average Bonchev–Trinajstić information content (AvgIpc) is 2.97. The van der Waals surface area contributed by atoms with Gasteiger partial charge in [-0.15, -0.1) is 0 Å². The van der Waals surface area contributed by atoms with Gasteiger partial charge in [-0.1, -0.05) is 23.7 Å². The number of nitrogens with one attached hydrogen (secondary N) is 1. The maximum atomic E-state index is 12.3. The van der Waals surface area contributed by atoms with Gasteiger partial charge in [-0.2, -0.15) is 0 Å². The zero-order valence-electron chi connectivity index (χ0n) is 16.0. The van der Waals surface area contributed by atoms with Gasteiger partial charge < -0.3 is 13.9 Å². The van der Waals surface area contributed by atoms with Crippen LogP contribution in [0.25, 0.3) is 0 Å². The fourth-order valence-electron chi connectivity index (χ4n) is 2.58. The Labute approximate surface area is 167 Å². The van der Waals surface area contributed by atoms with E-state index in [9.17, 15) is 14.4 Å². The summed E-state index contributed by atoms with van der Waals surface area (Å²) < 4.78 is 15.5. The largest absolute Gasteiger partial charge is 0.462 e. The summed E-state index contributed by atoms with van der Waals surface area (Å²) in [6, 6.07) is 7.15. The molecule has 0 unspecified atom stereocenters. The standard InChI is InChI=1S/C20H22ClNO6/c1-4-26-19(24)16-12(3)28-18(17(16)20(25)27-5-2)22-15(23)11-8-13-6-9-14(21)10-7-13/h6-7,9-10H,4-5,8,11H2,1-3H3,(H,22,23). The van der Waals surface area contributed by atoms with Gasteiger partial charge in [0.05, 0.1) is 13.2 Å². The van der Waals surface area contributed by atoms with E-state index in [1.807, 2.05) is 12.1 Å². The van der Waals surface area contributed by atoms with E-state index in [0.29, 0.717) is 11.4 Å². The van der Waals surface area contributed by atoms with Crippen LogP contribution in [0.4, 0.5) is 5.88 Å². The van der Waals surface area contributed by atoms with Crippen LogP contribution in [0, 0.1) is 6.92 Å². The third kappa shape index (κ3) is 5.36. The number of carbonyl (C=O) groups is 3. The lowest BCUT2D eigenvalue weighted by atomic mass is 10.1. The second-order valence-electron chi connectivity index (χ2n) is 5.85. The van der Waals surface area contributed by atoms with E-state index in [1.165, 1.54) is 6.92 Å². The molecule has 0 spiro atoms. The zero-order valence-corrected chi connectivity index (χ0v) is 16.7. The summed E-state index contributed by atoms with van der Waals surface area (Å²) in [5.41, 5.74) is 0.749. The maximum absolute atomic E-state index is 12.3. The minimum absolute atomic E-state index is 0.0479. The summed E-state index contributed by atoms with van der Waals surface area (Å²) in [7, 11) is 0. The number of ether oxygens (including phenoxy) is 2. The molecule has 2 aromatic rings. The van der Waals surface area contributed by atoms with E-state index in [4.69, 9.17) is 25.5 Å². The van der Waals surface area contributed by atoms with Crippen molar-refractivity contribution < 1.29 is 28.3 Å². The molecule has 0 radical (unpaired) electrons. The highest BCUT2D eigenvalue weighted by molar-refractivity contribution is 6.30. The second-order valence-corrected chi connectivity index (χ2v) is 6.29. The number of rotatable bonds is 8. The summed E-state index contributed by atoms with van der Waals surface area (Å²) in [4.78, 5) is 36.9. The molecule has 1 aromatic heterocycles. The smallest absolute Gasteiger partial charge is 0.344 e. The Morgan fingerprint density at radius 2 is 1.57 bits per heavy atom. The number of furan rings is 1. The van der Waals surface area contributed by atoms with Crippen molar-refractivity contribution in [1.29, 1.82) is 0 Å². The van der Waals surface area contributed by atoms with Gasteiger partial charge in [-0.05, 0) is 44.9 Å². The van der Waals surface area contributed by atoms with Crippen LogP contribution in [-0.4, -0.2) is 31.1 Å². The van der Waals surface area contributed by atoms with Gasteiger partial charge in [0.1, 0.15) is 16.9 Å². The first-order valence-electron chi connectivity index (χ1n) is 8.89. The molecule has 1 aromatic carbocycles. The molecule has 2 rings (SSSR count). The number of benzene rings is 1. The van der Waals surface area contributed by atoms with Crippen molar-refractivity contribution in [3.63, 3.8) is 0 Å². The molecule has 28 heavy (non-hydrogen) atoms. The molecular weight excluding hydrogens is 386 g/mol. The van der Waals surface area contributed by atoms with Crippen LogP contribution in [0.3, 0.4) is 0 Å². The molecule has 0 saturated heterocycles. The van der Waals surface area contributed by atoms with Crippen LogP contribution < -0.4 is 5.32 Å². The lowest BCUT2D eigenvalue weighted by Gasteiger charge is -2.07. The lowest BCUT2D eigenvalue weighted by Crippen LogP contribution is -2.17. The SMILES string of the molecule is CCOC(=O)c1c(C)oc(NC(=O)CCc2ccc(Cl)cc2)c1C(=O)OCC. The number of hydrogen-bond donors (Lipinski definition) is 1. The predicted molar refractivity (Wildman–Crippen MR) is 104 cm³/mol. The predicted octanol–water partition coefficient (Wildman–Crippen LogP) is 4.17. The van der Waals surface area contributed by atoms with E-state index < -0.39 is 11.9 Å². The topological polar surface area (TPSA) is 94.8 Å². The van der Waals surface area contributed by atoms with Crippen LogP contribution in [0.15, 0.2) is 28.7 Å². The van der Waals surface area contributed by atoms with Gasteiger partial charge in [0.2, 0.25) is 11.8 Å². The quantitative estimate of drug-likeness (QED) is 0.660. The van der Waals surface area contributed by atoms with Gasteiger partial charge in [0, 0.05) is 11.4 Å². The van der Waals surface area contributed by atoms with E-state index >= 15 is 0 Å². The third-order valence-corrected chi connectivity index (χ3v) is 4.10. The van der Waals surface area contributed by atoms with Gasteiger partial charge in [0.15, 0.2) is 0 Å². The summed E-state index contributed by atoms with van der Waals surface area (Å²) in [5.74, 6) is -1.82. The number of hydrogen-bond acceptors (Lipinski definition) is 6. The van der Waals surface area contributed by atoms with Crippen molar-refractivity contribution >= 4 is 35.3 Å².